The summed E-state index contributed by atoms with van der Waals surface area (Å²) in [5.41, 5.74) is 2.05. The number of para-hydroxylation sites is 1. The third-order valence-corrected chi connectivity index (χ3v) is 3.05. The van der Waals surface area contributed by atoms with Crippen LogP contribution in [0.4, 0.5) is 5.82 Å². The van der Waals surface area contributed by atoms with Gasteiger partial charge in [0.2, 0.25) is 0 Å². The maximum absolute atomic E-state index is 5.83. The van der Waals surface area contributed by atoms with Gasteiger partial charge in [-0.15, -0.1) is 0 Å². The van der Waals surface area contributed by atoms with Crippen molar-refractivity contribution in [2.45, 2.75) is 33.0 Å². The lowest BCUT2D eigenvalue weighted by atomic mass is 10.1. The molecule has 5 heteroatoms. The molecule has 1 aromatic carbocycles. The van der Waals surface area contributed by atoms with Crippen LogP contribution in [0.25, 0.3) is 0 Å². The molecule has 1 heterocycles. The fourth-order valence-electron chi connectivity index (χ4n) is 2.13. The van der Waals surface area contributed by atoms with Crippen LogP contribution in [0.3, 0.4) is 0 Å². The number of hydrogen-bond acceptors (Lipinski definition) is 5. The number of methoxy groups -OCH3 is 1. The number of aromatic nitrogens is 2. The maximum Gasteiger partial charge on any atom is 0.129 e. The highest BCUT2D eigenvalue weighted by molar-refractivity contribution is 5.37. The van der Waals surface area contributed by atoms with Crippen LogP contribution < -0.4 is 10.1 Å². The van der Waals surface area contributed by atoms with E-state index in [4.69, 9.17) is 9.47 Å². The number of hydrogen-bond donors (Lipinski definition) is 1. The van der Waals surface area contributed by atoms with Crippen molar-refractivity contribution in [3.8, 4) is 5.75 Å². The fraction of sp³-hybridized carbons (Fsp3) is 0.412. The third-order valence-electron chi connectivity index (χ3n) is 3.05. The van der Waals surface area contributed by atoms with Crippen LogP contribution in [-0.4, -0.2) is 29.7 Å². The highest BCUT2D eigenvalue weighted by Gasteiger charge is 2.05. The summed E-state index contributed by atoms with van der Waals surface area (Å²) in [7, 11) is 1.65. The average Bonchev–Trinajstić information content (AvgIpc) is 2.49. The summed E-state index contributed by atoms with van der Waals surface area (Å²) in [5.74, 6) is 1.76. The molecule has 5 nitrogen and oxygen atoms in total. The Labute approximate surface area is 131 Å². The zero-order valence-corrected chi connectivity index (χ0v) is 13.4. The van der Waals surface area contributed by atoms with E-state index >= 15 is 0 Å². The molecule has 0 saturated heterocycles. The lowest BCUT2D eigenvalue weighted by Crippen LogP contribution is -2.11. The normalized spacial score (nSPS) is 10.7. The first kappa shape index (κ1) is 16.2. The Balaban J connectivity index is 1.92. The number of nitrogens with zero attached hydrogens (tertiary/aromatic N) is 2. The fourth-order valence-corrected chi connectivity index (χ4v) is 2.13. The van der Waals surface area contributed by atoms with Gasteiger partial charge < -0.3 is 14.8 Å². The van der Waals surface area contributed by atoms with Gasteiger partial charge in [0.05, 0.1) is 18.4 Å². The zero-order chi connectivity index (χ0) is 15.8. The van der Waals surface area contributed by atoms with Crippen molar-refractivity contribution < 1.29 is 9.47 Å². The molecule has 0 radical (unpaired) electrons. The molecule has 0 saturated carbocycles. The first-order chi connectivity index (χ1) is 10.7. The average molecular weight is 301 g/mol. The van der Waals surface area contributed by atoms with E-state index in [1.54, 1.807) is 13.4 Å². The molecule has 0 aliphatic carbocycles. The SMILES string of the molecule is COCc1cc(NCCc2ccccc2OC(C)C)ncn1. The molecular weight excluding hydrogens is 278 g/mol. The van der Waals surface area contributed by atoms with E-state index < -0.39 is 0 Å². The van der Waals surface area contributed by atoms with Gasteiger partial charge in [-0.1, -0.05) is 18.2 Å². The van der Waals surface area contributed by atoms with Gasteiger partial charge in [-0.2, -0.15) is 0 Å². The highest BCUT2D eigenvalue weighted by Crippen LogP contribution is 2.20. The molecule has 2 rings (SSSR count). The molecule has 0 unspecified atom stereocenters. The van der Waals surface area contributed by atoms with Crippen LogP contribution in [0.15, 0.2) is 36.7 Å². The van der Waals surface area contributed by atoms with Crippen LogP contribution >= 0.6 is 0 Å². The summed E-state index contributed by atoms with van der Waals surface area (Å²) in [6, 6.07) is 10.0. The third kappa shape index (κ3) is 5.00. The summed E-state index contributed by atoms with van der Waals surface area (Å²) in [5, 5.41) is 3.31. The van der Waals surface area contributed by atoms with Gasteiger partial charge in [0.1, 0.15) is 17.9 Å². The highest BCUT2D eigenvalue weighted by atomic mass is 16.5. The van der Waals surface area contributed by atoms with Crippen molar-refractivity contribution in [2.24, 2.45) is 0 Å². The van der Waals surface area contributed by atoms with E-state index in [-0.39, 0.29) is 6.10 Å². The van der Waals surface area contributed by atoms with Crippen molar-refractivity contribution >= 4 is 5.82 Å². The Morgan fingerprint density at radius 2 is 2.00 bits per heavy atom. The minimum absolute atomic E-state index is 0.174. The summed E-state index contributed by atoms with van der Waals surface area (Å²) in [4.78, 5) is 8.36. The number of anilines is 1. The van der Waals surface area contributed by atoms with Gasteiger partial charge in [0, 0.05) is 19.7 Å². The Morgan fingerprint density at radius 3 is 2.77 bits per heavy atom. The second kappa shape index (κ2) is 8.34. The van der Waals surface area contributed by atoms with Crippen LogP contribution in [0.1, 0.15) is 25.1 Å². The number of ether oxygens (including phenoxy) is 2. The van der Waals surface area contributed by atoms with E-state index in [9.17, 15) is 0 Å². The minimum atomic E-state index is 0.174. The quantitative estimate of drug-likeness (QED) is 0.812. The van der Waals surface area contributed by atoms with Crippen molar-refractivity contribution in [3.63, 3.8) is 0 Å². The molecule has 0 amide bonds. The second-order valence-corrected chi connectivity index (χ2v) is 5.28. The first-order valence-electron chi connectivity index (χ1n) is 7.47. The monoisotopic (exact) mass is 301 g/mol. The number of benzene rings is 1. The van der Waals surface area contributed by atoms with E-state index in [1.807, 2.05) is 38.1 Å². The van der Waals surface area contributed by atoms with E-state index in [0.717, 1.165) is 30.2 Å². The Kier molecular flexibility index (Phi) is 6.15. The Hall–Kier alpha value is -2.14. The lowest BCUT2D eigenvalue weighted by Gasteiger charge is -2.14. The second-order valence-electron chi connectivity index (χ2n) is 5.28. The smallest absolute Gasteiger partial charge is 0.129 e. The number of nitrogens with one attached hydrogen (secondary N) is 1. The maximum atomic E-state index is 5.83. The van der Waals surface area contributed by atoms with E-state index in [2.05, 4.69) is 21.4 Å². The van der Waals surface area contributed by atoms with Crippen molar-refractivity contribution in [1.82, 2.24) is 9.97 Å². The van der Waals surface area contributed by atoms with E-state index in [1.165, 1.54) is 5.56 Å². The first-order valence-corrected chi connectivity index (χ1v) is 7.47. The van der Waals surface area contributed by atoms with E-state index in [0.29, 0.717) is 6.61 Å². The lowest BCUT2D eigenvalue weighted by molar-refractivity contribution is 0.181. The molecule has 0 fully saturated rings. The molecule has 0 spiro atoms. The summed E-state index contributed by atoms with van der Waals surface area (Å²) in [6.45, 7) is 5.34. The predicted octanol–water partition coefficient (Wildman–Crippen LogP) is 3.06. The van der Waals surface area contributed by atoms with Crippen LogP contribution in [0, 0.1) is 0 Å². The molecule has 118 valence electrons. The molecule has 0 aliphatic rings. The Morgan fingerprint density at radius 1 is 1.18 bits per heavy atom. The van der Waals surface area contributed by atoms with Crippen molar-refractivity contribution in [3.05, 3.63) is 47.9 Å². The summed E-state index contributed by atoms with van der Waals surface area (Å²) >= 11 is 0. The number of rotatable bonds is 8. The van der Waals surface area contributed by atoms with Crippen molar-refractivity contribution in [2.75, 3.05) is 19.0 Å². The molecule has 1 N–H and O–H groups in total. The summed E-state index contributed by atoms with van der Waals surface area (Å²) in [6.07, 6.45) is 2.59. The topological polar surface area (TPSA) is 56.3 Å². The minimum Gasteiger partial charge on any atom is -0.491 e. The molecule has 22 heavy (non-hydrogen) atoms. The van der Waals surface area contributed by atoms with Gasteiger partial charge in [-0.25, -0.2) is 9.97 Å². The molecule has 1 aromatic heterocycles. The van der Waals surface area contributed by atoms with Gasteiger partial charge in [0.15, 0.2) is 0 Å². The standard InChI is InChI=1S/C17H23N3O2/c1-13(2)22-16-7-5-4-6-14(16)8-9-18-17-10-15(11-21-3)19-12-20-17/h4-7,10,12-13H,8-9,11H2,1-3H3,(H,18,19,20). The molecule has 2 aromatic rings. The Bertz CT molecular complexity index is 588. The zero-order valence-electron chi connectivity index (χ0n) is 13.4. The van der Waals surface area contributed by atoms with Gasteiger partial charge >= 0.3 is 0 Å². The predicted molar refractivity (Wildman–Crippen MR) is 87.1 cm³/mol. The molecule has 0 bridgehead atoms. The summed E-state index contributed by atoms with van der Waals surface area (Å²) < 4.78 is 10.9. The van der Waals surface area contributed by atoms with Crippen LogP contribution in [0.5, 0.6) is 5.75 Å². The molecular formula is C17H23N3O2. The van der Waals surface area contributed by atoms with Crippen LogP contribution in [-0.2, 0) is 17.8 Å². The van der Waals surface area contributed by atoms with Crippen LogP contribution in [0.2, 0.25) is 0 Å². The van der Waals surface area contributed by atoms with Gasteiger partial charge in [-0.05, 0) is 31.9 Å². The van der Waals surface area contributed by atoms with Gasteiger partial charge in [-0.3, -0.25) is 0 Å². The molecule has 0 atom stereocenters. The van der Waals surface area contributed by atoms with Gasteiger partial charge in [0.25, 0.3) is 0 Å². The molecule has 0 aliphatic heterocycles. The van der Waals surface area contributed by atoms with Crippen molar-refractivity contribution in [1.29, 1.82) is 0 Å². The largest absolute Gasteiger partial charge is 0.491 e.